The zero-order valence-electron chi connectivity index (χ0n) is 13.5. The van der Waals surface area contributed by atoms with Crippen LogP contribution in [-0.4, -0.2) is 51.4 Å². The van der Waals surface area contributed by atoms with E-state index in [1.807, 2.05) is 7.05 Å². The molecule has 0 radical (unpaired) electrons. The fourth-order valence-electron chi connectivity index (χ4n) is 3.63. The van der Waals surface area contributed by atoms with Gasteiger partial charge in [0.15, 0.2) is 0 Å². The van der Waals surface area contributed by atoms with Crippen LogP contribution in [0.5, 0.6) is 0 Å². The predicted octanol–water partition coefficient (Wildman–Crippen LogP) is 0.950. The zero-order chi connectivity index (χ0) is 16.6. The summed E-state index contributed by atoms with van der Waals surface area (Å²) in [5, 5.41) is 3.56. The van der Waals surface area contributed by atoms with Gasteiger partial charge in [-0.25, -0.2) is 13.1 Å². The highest BCUT2D eigenvalue weighted by molar-refractivity contribution is 7.89. The molecule has 1 aromatic rings. The molecule has 2 bridgehead atoms. The molecule has 0 spiro atoms. The van der Waals surface area contributed by atoms with Crippen LogP contribution in [0.4, 0.5) is 0 Å². The third kappa shape index (κ3) is 3.27. The van der Waals surface area contributed by atoms with Crippen molar-refractivity contribution in [3.8, 4) is 0 Å². The molecule has 23 heavy (non-hydrogen) atoms. The normalized spacial score (nSPS) is 27.0. The number of piperidine rings is 1. The Balaban J connectivity index is 1.79. The van der Waals surface area contributed by atoms with E-state index in [9.17, 15) is 13.2 Å². The fraction of sp³-hybridized carbons (Fsp3) is 0.562. The average Bonchev–Trinajstić information content (AvgIpc) is 2.91. The summed E-state index contributed by atoms with van der Waals surface area (Å²) in [5.41, 5.74) is 0.412. The summed E-state index contributed by atoms with van der Waals surface area (Å²) in [7, 11) is -0.365. The molecule has 2 saturated heterocycles. The Morgan fingerprint density at radius 3 is 2.52 bits per heavy atom. The standard InChI is InChI=1S/C16H23N3O3S/c1-17-23(21,22)15-5-3-4-11(8-15)16(20)19(2)14-9-12-6-7-13(10-14)18-12/h3-5,8,12-14,17-18H,6-7,9-10H2,1-2H3. The summed E-state index contributed by atoms with van der Waals surface area (Å²) in [5.74, 6) is -0.121. The largest absolute Gasteiger partial charge is 0.339 e. The van der Waals surface area contributed by atoms with Crippen LogP contribution in [-0.2, 0) is 10.0 Å². The van der Waals surface area contributed by atoms with Gasteiger partial charge in [0.2, 0.25) is 10.0 Å². The molecule has 126 valence electrons. The third-order valence-electron chi connectivity index (χ3n) is 4.98. The number of carbonyl (C=O) groups is 1. The summed E-state index contributed by atoms with van der Waals surface area (Å²) < 4.78 is 26.1. The lowest BCUT2D eigenvalue weighted by atomic mass is 9.98. The first-order valence-corrected chi connectivity index (χ1v) is 9.46. The van der Waals surface area contributed by atoms with Gasteiger partial charge in [-0.2, -0.15) is 0 Å². The first-order chi connectivity index (χ1) is 10.9. The maximum absolute atomic E-state index is 12.7. The molecule has 1 aromatic carbocycles. The molecule has 6 nitrogen and oxygen atoms in total. The second-order valence-corrected chi connectivity index (χ2v) is 8.30. The van der Waals surface area contributed by atoms with Gasteiger partial charge in [-0.3, -0.25) is 4.79 Å². The first kappa shape index (κ1) is 16.4. The van der Waals surface area contributed by atoms with E-state index in [1.54, 1.807) is 17.0 Å². The highest BCUT2D eigenvalue weighted by Crippen LogP contribution is 2.30. The molecular weight excluding hydrogens is 314 g/mol. The third-order valence-corrected chi connectivity index (χ3v) is 6.39. The summed E-state index contributed by atoms with van der Waals surface area (Å²) in [4.78, 5) is 14.6. The lowest BCUT2D eigenvalue weighted by molar-refractivity contribution is 0.0681. The molecule has 2 aliphatic heterocycles. The molecule has 0 aliphatic carbocycles. The van der Waals surface area contributed by atoms with Gasteiger partial charge in [0.25, 0.3) is 5.91 Å². The van der Waals surface area contributed by atoms with Crippen LogP contribution < -0.4 is 10.0 Å². The van der Waals surface area contributed by atoms with Crippen molar-refractivity contribution in [2.24, 2.45) is 0 Å². The molecular formula is C16H23N3O3S. The smallest absolute Gasteiger partial charge is 0.253 e. The van der Waals surface area contributed by atoms with Gasteiger partial charge in [0, 0.05) is 30.7 Å². The van der Waals surface area contributed by atoms with Crippen LogP contribution in [0, 0.1) is 0 Å². The number of hydrogen-bond donors (Lipinski definition) is 2. The van der Waals surface area contributed by atoms with Gasteiger partial charge in [-0.05, 0) is 50.9 Å². The number of benzene rings is 1. The topological polar surface area (TPSA) is 78.5 Å². The maximum atomic E-state index is 12.7. The van der Waals surface area contributed by atoms with Crippen LogP contribution in [0.1, 0.15) is 36.0 Å². The van der Waals surface area contributed by atoms with Crippen molar-refractivity contribution in [2.75, 3.05) is 14.1 Å². The summed E-state index contributed by atoms with van der Waals surface area (Å²) >= 11 is 0. The van der Waals surface area contributed by atoms with Crippen molar-refractivity contribution in [1.82, 2.24) is 14.9 Å². The van der Waals surface area contributed by atoms with E-state index in [0.717, 1.165) is 12.8 Å². The van der Waals surface area contributed by atoms with Crippen molar-refractivity contribution in [3.63, 3.8) is 0 Å². The molecule has 1 amide bonds. The number of carbonyl (C=O) groups excluding carboxylic acids is 1. The van der Waals surface area contributed by atoms with Crippen LogP contribution in [0.3, 0.4) is 0 Å². The van der Waals surface area contributed by atoms with Crippen molar-refractivity contribution < 1.29 is 13.2 Å². The highest BCUT2D eigenvalue weighted by Gasteiger charge is 2.36. The van der Waals surface area contributed by atoms with Gasteiger partial charge >= 0.3 is 0 Å². The summed E-state index contributed by atoms with van der Waals surface area (Å²) in [6.45, 7) is 0. The quantitative estimate of drug-likeness (QED) is 0.857. The Hall–Kier alpha value is -1.44. The molecule has 2 heterocycles. The molecule has 7 heteroatoms. The number of hydrogen-bond acceptors (Lipinski definition) is 4. The van der Waals surface area contributed by atoms with Crippen molar-refractivity contribution in [2.45, 2.75) is 48.7 Å². The fourth-order valence-corrected chi connectivity index (χ4v) is 4.40. The number of nitrogens with one attached hydrogen (secondary N) is 2. The minimum atomic E-state index is -3.54. The summed E-state index contributed by atoms with van der Waals surface area (Å²) in [6.07, 6.45) is 4.29. The van der Waals surface area contributed by atoms with E-state index in [4.69, 9.17) is 0 Å². The lowest BCUT2D eigenvalue weighted by Gasteiger charge is -2.35. The Bertz CT molecular complexity index is 692. The van der Waals surface area contributed by atoms with Gasteiger partial charge in [0.1, 0.15) is 0 Å². The maximum Gasteiger partial charge on any atom is 0.253 e. The summed E-state index contributed by atoms with van der Waals surface area (Å²) in [6, 6.07) is 7.44. The van der Waals surface area contributed by atoms with Gasteiger partial charge < -0.3 is 10.2 Å². The molecule has 2 unspecified atom stereocenters. The van der Waals surface area contributed by atoms with E-state index >= 15 is 0 Å². The molecule has 2 fully saturated rings. The van der Waals surface area contributed by atoms with E-state index < -0.39 is 10.0 Å². The van der Waals surface area contributed by atoms with Gasteiger partial charge in [0.05, 0.1) is 4.90 Å². The average molecular weight is 337 g/mol. The van der Waals surface area contributed by atoms with E-state index in [-0.39, 0.29) is 16.8 Å². The molecule has 2 atom stereocenters. The minimum Gasteiger partial charge on any atom is -0.339 e. The van der Waals surface area contributed by atoms with E-state index in [2.05, 4.69) is 10.0 Å². The molecule has 0 saturated carbocycles. The van der Waals surface area contributed by atoms with Crippen molar-refractivity contribution in [3.05, 3.63) is 29.8 Å². The van der Waals surface area contributed by atoms with Gasteiger partial charge in [-0.1, -0.05) is 6.07 Å². The predicted molar refractivity (Wildman–Crippen MR) is 87.7 cm³/mol. The molecule has 3 rings (SSSR count). The SMILES string of the molecule is CNS(=O)(=O)c1cccc(C(=O)N(C)C2CC3CCC(C2)N3)c1. The molecule has 0 aromatic heterocycles. The lowest BCUT2D eigenvalue weighted by Crippen LogP contribution is -2.48. The molecule has 2 N–H and O–H groups in total. The first-order valence-electron chi connectivity index (χ1n) is 7.97. The Kier molecular flexibility index (Phi) is 4.44. The number of rotatable bonds is 4. The minimum absolute atomic E-state index is 0.115. The molecule has 2 aliphatic rings. The van der Waals surface area contributed by atoms with Crippen molar-refractivity contribution in [1.29, 1.82) is 0 Å². The van der Waals surface area contributed by atoms with Crippen LogP contribution in [0.2, 0.25) is 0 Å². The van der Waals surface area contributed by atoms with E-state index in [0.29, 0.717) is 17.6 Å². The second-order valence-electron chi connectivity index (χ2n) is 6.41. The Labute approximate surface area is 137 Å². The Morgan fingerprint density at radius 2 is 1.91 bits per heavy atom. The number of fused-ring (bicyclic) bond motifs is 2. The van der Waals surface area contributed by atoms with Crippen molar-refractivity contribution >= 4 is 15.9 Å². The van der Waals surface area contributed by atoms with Crippen LogP contribution >= 0.6 is 0 Å². The van der Waals surface area contributed by atoms with Gasteiger partial charge in [-0.15, -0.1) is 0 Å². The zero-order valence-corrected chi connectivity index (χ0v) is 14.3. The highest BCUT2D eigenvalue weighted by atomic mass is 32.2. The van der Waals surface area contributed by atoms with Crippen LogP contribution in [0.15, 0.2) is 29.2 Å². The van der Waals surface area contributed by atoms with Crippen LogP contribution in [0.25, 0.3) is 0 Å². The monoisotopic (exact) mass is 337 g/mol. The number of nitrogens with zero attached hydrogens (tertiary/aromatic N) is 1. The Morgan fingerprint density at radius 1 is 1.26 bits per heavy atom. The number of amides is 1. The van der Waals surface area contributed by atoms with E-state index in [1.165, 1.54) is 32.0 Å². The second kappa shape index (κ2) is 6.22. The number of sulfonamides is 1.